The van der Waals surface area contributed by atoms with Crippen LogP contribution in [-0.4, -0.2) is 31.6 Å². The van der Waals surface area contributed by atoms with E-state index >= 15 is 0 Å². The van der Waals surface area contributed by atoms with Gasteiger partial charge in [-0.2, -0.15) is 0 Å². The van der Waals surface area contributed by atoms with Crippen LogP contribution in [0.5, 0.6) is 0 Å². The van der Waals surface area contributed by atoms with Crippen molar-refractivity contribution in [1.29, 1.82) is 0 Å². The van der Waals surface area contributed by atoms with Crippen molar-refractivity contribution in [2.24, 2.45) is 0 Å². The average Bonchev–Trinajstić information content (AvgIpc) is 3.17. The lowest BCUT2D eigenvalue weighted by Gasteiger charge is -2.22. The van der Waals surface area contributed by atoms with Crippen LogP contribution in [0.25, 0.3) is 5.69 Å². The smallest absolute Gasteiger partial charge is 0.223 e. The number of rotatable bonds is 5. The Labute approximate surface area is 135 Å². The Bertz CT molecular complexity index is 662. The summed E-state index contributed by atoms with van der Waals surface area (Å²) in [7, 11) is 0. The predicted molar refractivity (Wildman–Crippen MR) is 86.0 cm³/mol. The van der Waals surface area contributed by atoms with Gasteiger partial charge in [0.25, 0.3) is 0 Å². The fraction of sp³-hybridized carbons (Fsp3) is 0.471. The molecular weight excluding hydrogens is 292 g/mol. The number of carbonyl (C=O) groups is 1. The van der Waals surface area contributed by atoms with E-state index in [1.165, 1.54) is 0 Å². The number of hydrogen-bond acceptors (Lipinski definition) is 4. The third-order valence-corrected chi connectivity index (χ3v) is 4.38. The van der Waals surface area contributed by atoms with Crippen LogP contribution in [0.15, 0.2) is 36.5 Å². The van der Waals surface area contributed by atoms with Gasteiger partial charge in [0.1, 0.15) is 5.69 Å². The predicted octanol–water partition coefficient (Wildman–Crippen LogP) is 2.14. The van der Waals surface area contributed by atoms with Gasteiger partial charge >= 0.3 is 0 Å². The van der Waals surface area contributed by atoms with Crippen molar-refractivity contribution in [1.82, 2.24) is 20.3 Å². The summed E-state index contributed by atoms with van der Waals surface area (Å²) in [6.07, 6.45) is 5.36. The average molecular weight is 314 g/mol. The number of benzene rings is 1. The Balaban J connectivity index is 1.61. The number of aliphatic hydroxyl groups is 1. The maximum Gasteiger partial charge on any atom is 0.223 e. The Morgan fingerprint density at radius 3 is 2.74 bits per heavy atom. The van der Waals surface area contributed by atoms with Crippen LogP contribution < -0.4 is 5.32 Å². The number of aromatic nitrogens is 3. The van der Waals surface area contributed by atoms with Crippen molar-refractivity contribution >= 4 is 5.91 Å². The van der Waals surface area contributed by atoms with E-state index in [0.717, 1.165) is 18.5 Å². The summed E-state index contributed by atoms with van der Waals surface area (Å²) in [5.74, 6) is -0.142. The third-order valence-electron chi connectivity index (χ3n) is 4.38. The topological polar surface area (TPSA) is 80.0 Å². The highest BCUT2D eigenvalue weighted by atomic mass is 16.3. The molecule has 1 aliphatic carbocycles. The summed E-state index contributed by atoms with van der Waals surface area (Å²) < 4.78 is 1.68. The van der Waals surface area contributed by atoms with Gasteiger partial charge in [-0.05, 0) is 31.9 Å². The molecule has 2 N–H and O–H groups in total. The Morgan fingerprint density at radius 2 is 2.04 bits per heavy atom. The molecule has 1 unspecified atom stereocenters. The zero-order valence-electron chi connectivity index (χ0n) is 13.3. The molecule has 0 radical (unpaired) electrons. The number of carbonyl (C=O) groups excluding carboxylic acids is 1. The van der Waals surface area contributed by atoms with E-state index in [2.05, 4.69) is 15.6 Å². The lowest BCUT2D eigenvalue weighted by molar-refractivity contribution is -0.126. The van der Waals surface area contributed by atoms with Gasteiger partial charge in [-0.25, -0.2) is 4.68 Å². The van der Waals surface area contributed by atoms with E-state index in [4.69, 9.17) is 0 Å². The number of para-hydroxylation sites is 1. The van der Waals surface area contributed by atoms with Crippen molar-refractivity contribution in [2.45, 2.75) is 50.7 Å². The highest BCUT2D eigenvalue weighted by Gasteiger charge is 2.33. The van der Waals surface area contributed by atoms with E-state index in [1.807, 2.05) is 43.5 Å². The van der Waals surface area contributed by atoms with Crippen molar-refractivity contribution in [2.75, 3.05) is 0 Å². The van der Waals surface area contributed by atoms with Crippen LogP contribution in [0.4, 0.5) is 0 Å². The molecule has 122 valence electrons. The summed E-state index contributed by atoms with van der Waals surface area (Å²) in [6.45, 7) is 1.87. The highest BCUT2D eigenvalue weighted by Crippen LogP contribution is 2.32. The van der Waals surface area contributed by atoms with Crippen molar-refractivity contribution < 1.29 is 9.90 Å². The molecule has 23 heavy (non-hydrogen) atoms. The quantitative estimate of drug-likeness (QED) is 0.886. The van der Waals surface area contributed by atoms with Gasteiger partial charge in [-0.1, -0.05) is 36.3 Å². The molecule has 1 fully saturated rings. The number of hydrogen-bond donors (Lipinski definition) is 2. The normalized spacial score (nSPS) is 17.8. The molecule has 1 heterocycles. The molecule has 1 aromatic carbocycles. The van der Waals surface area contributed by atoms with Crippen molar-refractivity contribution in [3.05, 3.63) is 42.2 Å². The molecule has 1 aromatic heterocycles. The van der Waals surface area contributed by atoms with Gasteiger partial charge in [-0.3, -0.25) is 4.79 Å². The molecule has 1 atom stereocenters. The lowest BCUT2D eigenvalue weighted by atomic mass is 9.97. The van der Waals surface area contributed by atoms with Crippen LogP contribution in [-0.2, 0) is 4.79 Å². The Kier molecular flexibility index (Phi) is 4.43. The van der Waals surface area contributed by atoms with E-state index in [1.54, 1.807) is 4.68 Å². The first kappa shape index (κ1) is 15.7. The summed E-state index contributed by atoms with van der Waals surface area (Å²) in [6, 6.07) is 9.45. The fourth-order valence-corrected chi connectivity index (χ4v) is 3.06. The fourth-order valence-electron chi connectivity index (χ4n) is 3.06. The van der Waals surface area contributed by atoms with Gasteiger partial charge in [0, 0.05) is 0 Å². The first-order valence-electron chi connectivity index (χ1n) is 8.05. The van der Waals surface area contributed by atoms with E-state index in [0.29, 0.717) is 18.5 Å². The maximum absolute atomic E-state index is 12.1. The minimum atomic E-state index is -0.828. The maximum atomic E-state index is 12.1. The van der Waals surface area contributed by atoms with Gasteiger partial charge in [0.2, 0.25) is 5.91 Å². The summed E-state index contributed by atoms with van der Waals surface area (Å²) in [5.41, 5.74) is 0.788. The monoisotopic (exact) mass is 314 g/mol. The van der Waals surface area contributed by atoms with Crippen LogP contribution in [0, 0.1) is 0 Å². The molecular formula is C17H22N4O2. The Morgan fingerprint density at radius 1 is 1.35 bits per heavy atom. The molecule has 6 nitrogen and oxygen atoms in total. The lowest BCUT2D eigenvalue weighted by Crippen LogP contribution is -2.35. The molecule has 3 rings (SSSR count). The molecule has 1 amide bonds. The molecule has 0 saturated heterocycles. The number of amides is 1. The zero-order chi connectivity index (χ0) is 16.3. The highest BCUT2D eigenvalue weighted by molar-refractivity contribution is 5.77. The second-order valence-corrected chi connectivity index (χ2v) is 6.32. The molecule has 1 aliphatic rings. The second-order valence-electron chi connectivity index (χ2n) is 6.32. The SMILES string of the molecule is CC(NC(=O)CC1(O)CCCC1)c1cn(-c2ccccc2)nn1. The van der Waals surface area contributed by atoms with Gasteiger partial charge < -0.3 is 10.4 Å². The van der Waals surface area contributed by atoms with Gasteiger partial charge in [-0.15, -0.1) is 5.10 Å². The molecule has 2 aromatic rings. The molecule has 0 spiro atoms. The third kappa shape index (κ3) is 3.76. The standard InChI is InChI=1S/C17H22N4O2/c1-13(18-16(22)11-17(23)9-5-6-10-17)15-12-21(20-19-15)14-7-3-2-4-8-14/h2-4,7-8,12-13,23H,5-6,9-11H2,1H3,(H,18,22). The first-order chi connectivity index (χ1) is 11.1. The van der Waals surface area contributed by atoms with Crippen LogP contribution in [0.3, 0.4) is 0 Å². The van der Waals surface area contributed by atoms with Gasteiger partial charge in [0.05, 0.1) is 29.9 Å². The second kappa shape index (κ2) is 6.50. The van der Waals surface area contributed by atoms with Gasteiger partial charge in [0.15, 0.2) is 0 Å². The first-order valence-corrected chi connectivity index (χ1v) is 8.05. The number of nitrogens with one attached hydrogen (secondary N) is 1. The summed E-state index contributed by atoms with van der Waals surface area (Å²) in [4.78, 5) is 12.1. The van der Waals surface area contributed by atoms with Crippen LogP contribution in [0.2, 0.25) is 0 Å². The molecule has 1 saturated carbocycles. The van der Waals surface area contributed by atoms with Crippen LogP contribution >= 0.6 is 0 Å². The van der Waals surface area contributed by atoms with E-state index < -0.39 is 5.60 Å². The van der Waals surface area contributed by atoms with Crippen molar-refractivity contribution in [3.63, 3.8) is 0 Å². The minimum Gasteiger partial charge on any atom is -0.389 e. The number of nitrogens with zero attached hydrogens (tertiary/aromatic N) is 3. The largest absolute Gasteiger partial charge is 0.389 e. The molecule has 6 heteroatoms. The molecule has 0 aliphatic heterocycles. The Hall–Kier alpha value is -2.21. The van der Waals surface area contributed by atoms with E-state index in [-0.39, 0.29) is 18.4 Å². The van der Waals surface area contributed by atoms with E-state index in [9.17, 15) is 9.90 Å². The summed E-state index contributed by atoms with van der Waals surface area (Å²) >= 11 is 0. The van der Waals surface area contributed by atoms with Crippen LogP contribution in [0.1, 0.15) is 50.8 Å². The summed E-state index contributed by atoms with van der Waals surface area (Å²) in [5, 5.41) is 21.4. The van der Waals surface area contributed by atoms with Crippen molar-refractivity contribution in [3.8, 4) is 5.69 Å². The minimum absolute atomic E-state index is 0.142. The zero-order valence-corrected chi connectivity index (χ0v) is 13.3. The molecule has 0 bridgehead atoms.